The first-order valence-corrected chi connectivity index (χ1v) is 9.80. The summed E-state index contributed by atoms with van der Waals surface area (Å²) in [4.78, 5) is 12.9. The summed E-state index contributed by atoms with van der Waals surface area (Å²) in [5, 5.41) is 32.8. The molecule has 1 fully saturated rings. The number of aliphatic hydroxyl groups is 3. The van der Waals surface area contributed by atoms with E-state index in [2.05, 4.69) is 42.9 Å². The summed E-state index contributed by atoms with van der Waals surface area (Å²) in [5.74, 6) is 0.520. The van der Waals surface area contributed by atoms with Crippen molar-refractivity contribution >= 4 is 45.3 Å². The number of halogens is 1. The van der Waals surface area contributed by atoms with Gasteiger partial charge < -0.3 is 31.1 Å². The summed E-state index contributed by atoms with van der Waals surface area (Å²) in [7, 11) is 0. The molecule has 2 aromatic heterocycles. The first kappa shape index (κ1) is 19.3. The minimum Gasteiger partial charge on any atom is -0.399 e. The number of benzene rings is 1. The number of ether oxygens (including phenoxy) is 1. The van der Waals surface area contributed by atoms with Gasteiger partial charge in [-0.05, 0) is 17.7 Å². The second kappa shape index (κ2) is 7.75. The minimum absolute atomic E-state index is 0.0876. The van der Waals surface area contributed by atoms with Gasteiger partial charge in [-0.3, -0.25) is 4.57 Å². The highest BCUT2D eigenvalue weighted by Gasteiger charge is 2.44. The Morgan fingerprint density at radius 3 is 2.61 bits per heavy atom. The van der Waals surface area contributed by atoms with Crippen LogP contribution >= 0.6 is 22.6 Å². The largest absolute Gasteiger partial charge is 0.399 e. The van der Waals surface area contributed by atoms with Crippen LogP contribution in [-0.4, -0.2) is 59.8 Å². The zero-order valence-electron chi connectivity index (χ0n) is 14.6. The Morgan fingerprint density at radius 1 is 1.18 bits per heavy atom. The maximum absolute atomic E-state index is 10.3. The number of rotatable bonds is 5. The van der Waals surface area contributed by atoms with Crippen molar-refractivity contribution in [2.75, 3.05) is 17.7 Å². The standard InChI is InChI=1S/C17H19IN6O4/c18-14(8-1-3-9(19)4-2-8)23-15-11-16(21-6-20-15)24(7-22-11)17-13(27)12(26)10(5-25)28-17/h1-4,6-7,10,12-14,17,25-27H,5,19H2,(H,20,21,23)/t10-,12?,13?,14?,17-/m1/s1. The van der Waals surface area contributed by atoms with Crippen LogP contribution < -0.4 is 11.1 Å². The molecule has 3 heterocycles. The molecule has 1 saturated heterocycles. The molecule has 1 aromatic carbocycles. The molecule has 10 nitrogen and oxygen atoms in total. The molecular formula is C17H19IN6O4. The lowest BCUT2D eigenvalue weighted by Gasteiger charge is -2.17. The molecule has 0 saturated carbocycles. The lowest BCUT2D eigenvalue weighted by Crippen LogP contribution is -2.33. The number of nitrogens with two attached hydrogens (primary N) is 1. The number of nitrogen functional groups attached to an aromatic ring is 1. The Kier molecular flexibility index (Phi) is 5.33. The number of aromatic nitrogens is 4. The zero-order chi connectivity index (χ0) is 19.8. The highest BCUT2D eigenvalue weighted by atomic mass is 127. The van der Waals surface area contributed by atoms with E-state index < -0.39 is 31.1 Å². The van der Waals surface area contributed by atoms with Crippen molar-refractivity contribution in [3.05, 3.63) is 42.5 Å². The van der Waals surface area contributed by atoms with Gasteiger partial charge in [-0.25, -0.2) is 15.0 Å². The number of hydrogen-bond donors (Lipinski definition) is 5. The van der Waals surface area contributed by atoms with E-state index in [4.69, 9.17) is 10.5 Å². The lowest BCUT2D eigenvalue weighted by atomic mass is 10.1. The van der Waals surface area contributed by atoms with Crippen LogP contribution in [0.25, 0.3) is 11.2 Å². The van der Waals surface area contributed by atoms with Crippen molar-refractivity contribution in [2.24, 2.45) is 0 Å². The number of nitrogens with one attached hydrogen (secondary N) is 1. The van der Waals surface area contributed by atoms with E-state index in [1.807, 2.05) is 24.3 Å². The van der Waals surface area contributed by atoms with Crippen molar-refractivity contribution in [3.8, 4) is 0 Å². The molecule has 5 atom stereocenters. The van der Waals surface area contributed by atoms with Crippen molar-refractivity contribution in [1.29, 1.82) is 0 Å². The van der Waals surface area contributed by atoms with E-state index >= 15 is 0 Å². The molecule has 0 bridgehead atoms. The summed E-state index contributed by atoms with van der Waals surface area (Å²) >= 11 is 2.24. The molecule has 1 aliphatic rings. The number of aliphatic hydroxyl groups excluding tert-OH is 3. The van der Waals surface area contributed by atoms with Crippen LogP contribution in [0.5, 0.6) is 0 Å². The number of nitrogens with zero attached hydrogens (tertiary/aromatic N) is 4. The Bertz CT molecular complexity index is 968. The first-order valence-electron chi connectivity index (χ1n) is 8.55. The third-order valence-corrected chi connectivity index (χ3v) is 5.67. The fraction of sp³-hybridized carbons (Fsp3) is 0.353. The van der Waals surface area contributed by atoms with E-state index in [0.29, 0.717) is 22.7 Å². The number of alkyl halides is 1. The second-order valence-corrected chi connectivity index (χ2v) is 7.69. The number of hydrogen-bond acceptors (Lipinski definition) is 9. The first-order chi connectivity index (χ1) is 13.5. The van der Waals surface area contributed by atoms with Crippen LogP contribution in [0.15, 0.2) is 36.9 Å². The van der Waals surface area contributed by atoms with E-state index in [0.717, 1.165) is 5.56 Å². The van der Waals surface area contributed by atoms with E-state index in [1.54, 1.807) is 0 Å². The number of fused-ring (bicyclic) bond motifs is 1. The second-order valence-electron chi connectivity index (χ2n) is 6.45. The van der Waals surface area contributed by atoms with Gasteiger partial charge in [-0.2, -0.15) is 0 Å². The van der Waals surface area contributed by atoms with Crippen LogP contribution in [0.4, 0.5) is 11.5 Å². The maximum Gasteiger partial charge on any atom is 0.167 e. The molecule has 0 aliphatic carbocycles. The SMILES string of the molecule is Nc1ccc(C(I)Nc2ncnc3c2ncn3[C@@H]2O[C@H](CO)C(O)C2O)cc1. The van der Waals surface area contributed by atoms with Crippen LogP contribution in [-0.2, 0) is 4.74 Å². The van der Waals surface area contributed by atoms with Gasteiger partial charge in [0.2, 0.25) is 0 Å². The molecule has 4 rings (SSSR count). The number of anilines is 2. The predicted molar refractivity (Wildman–Crippen MR) is 110 cm³/mol. The van der Waals surface area contributed by atoms with Gasteiger partial charge in [0.15, 0.2) is 23.2 Å². The molecular weight excluding hydrogens is 479 g/mol. The molecule has 0 spiro atoms. The van der Waals surface area contributed by atoms with Crippen molar-refractivity contribution in [3.63, 3.8) is 0 Å². The fourth-order valence-electron chi connectivity index (χ4n) is 3.12. The minimum atomic E-state index is -1.21. The molecule has 28 heavy (non-hydrogen) atoms. The van der Waals surface area contributed by atoms with Gasteiger partial charge in [0.25, 0.3) is 0 Å². The lowest BCUT2D eigenvalue weighted by molar-refractivity contribution is -0.0511. The zero-order valence-corrected chi connectivity index (χ0v) is 16.7. The van der Waals surface area contributed by atoms with Gasteiger partial charge >= 0.3 is 0 Å². The van der Waals surface area contributed by atoms with Gasteiger partial charge in [0.05, 0.1) is 12.9 Å². The van der Waals surface area contributed by atoms with E-state index in [9.17, 15) is 15.3 Å². The maximum atomic E-state index is 10.3. The van der Waals surface area contributed by atoms with Crippen LogP contribution in [0.3, 0.4) is 0 Å². The Morgan fingerprint density at radius 2 is 1.93 bits per heavy atom. The quantitative estimate of drug-likeness (QED) is 0.147. The van der Waals surface area contributed by atoms with Crippen molar-refractivity contribution < 1.29 is 20.1 Å². The monoisotopic (exact) mass is 498 g/mol. The molecule has 3 aromatic rings. The summed E-state index contributed by atoms with van der Waals surface area (Å²) in [5.41, 5.74) is 8.38. The van der Waals surface area contributed by atoms with Crippen LogP contribution in [0, 0.1) is 0 Å². The van der Waals surface area contributed by atoms with E-state index in [-0.39, 0.29) is 4.05 Å². The fourth-order valence-corrected chi connectivity index (χ4v) is 3.83. The molecule has 148 valence electrons. The van der Waals surface area contributed by atoms with Crippen LogP contribution in [0.2, 0.25) is 0 Å². The highest BCUT2D eigenvalue weighted by molar-refractivity contribution is 14.1. The van der Waals surface area contributed by atoms with E-state index in [1.165, 1.54) is 17.2 Å². The molecule has 11 heteroatoms. The molecule has 0 amide bonds. The Hall–Kier alpha value is -2.06. The Balaban J connectivity index is 1.63. The highest BCUT2D eigenvalue weighted by Crippen LogP contribution is 2.33. The summed E-state index contributed by atoms with van der Waals surface area (Å²) in [6.45, 7) is -0.402. The van der Waals surface area contributed by atoms with Gasteiger partial charge in [0.1, 0.15) is 28.7 Å². The third kappa shape index (κ3) is 3.39. The Labute approximate surface area is 173 Å². The van der Waals surface area contributed by atoms with Gasteiger partial charge in [0, 0.05) is 5.69 Å². The topological polar surface area (TPSA) is 152 Å². The summed E-state index contributed by atoms with van der Waals surface area (Å²) in [6, 6.07) is 7.51. The van der Waals surface area contributed by atoms with Gasteiger partial charge in [-0.1, -0.05) is 34.7 Å². The van der Waals surface area contributed by atoms with Crippen molar-refractivity contribution in [2.45, 2.75) is 28.6 Å². The average Bonchev–Trinajstić information content (AvgIpc) is 3.24. The smallest absolute Gasteiger partial charge is 0.167 e. The third-order valence-electron chi connectivity index (χ3n) is 4.64. The molecule has 3 unspecified atom stereocenters. The average molecular weight is 498 g/mol. The predicted octanol–water partition coefficient (Wildman–Crippen LogP) is 0.566. The normalized spacial score (nSPS) is 25.9. The van der Waals surface area contributed by atoms with Crippen LogP contribution in [0.1, 0.15) is 15.8 Å². The van der Waals surface area contributed by atoms with Crippen molar-refractivity contribution in [1.82, 2.24) is 19.5 Å². The molecule has 1 aliphatic heterocycles. The number of imidazole rings is 1. The van der Waals surface area contributed by atoms with Gasteiger partial charge in [-0.15, -0.1) is 0 Å². The molecule has 6 N–H and O–H groups in total. The molecule has 0 radical (unpaired) electrons. The summed E-state index contributed by atoms with van der Waals surface area (Å²) in [6.07, 6.45) is -1.34. The summed E-state index contributed by atoms with van der Waals surface area (Å²) < 4.78 is 7.01.